The fourth-order valence-electron chi connectivity index (χ4n) is 3.14. The number of carbonyl (C=O) groups is 2. The van der Waals surface area contributed by atoms with Gasteiger partial charge < -0.3 is 14.5 Å². The highest BCUT2D eigenvalue weighted by Gasteiger charge is 2.24. The fourth-order valence-corrected chi connectivity index (χ4v) is 3.14. The fraction of sp³-hybridized carbons (Fsp3) is 0.619. The van der Waals surface area contributed by atoms with Crippen LogP contribution in [0.1, 0.15) is 38.1 Å². The summed E-state index contributed by atoms with van der Waals surface area (Å²) in [5.41, 5.74) is 0.656. The van der Waals surface area contributed by atoms with Gasteiger partial charge in [0.1, 0.15) is 5.75 Å². The number of nitrogens with zero attached hydrogens (tertiary/aromatic N) is 3. The Bertz CT molecular complexity index is 621. The highest BCUT2D eigenvalue weighted by Crippen LogP contribution is 2.17. The Balaban J connectivity index is 1.87. The average Bonchev–Trinajstić information content (AvgIpc) is 2.67. The van der Waals surface area contributed by atoms with Crippen molar-refractivity contribution in [2.75, 3.05) is 52.4 Å². The molecule has 6 heteroatoms. The summed E-state index contributed by atoms with van der Waals surface area (Å²) in [6.07, 6.45) is 0. The van der Waals surface area contributed by atoms with Gasteiger partial charge in [-0.25, -0.2) is 0 Å². The van der Waals surface area contributed by atoms with E-state index in [-0.39, 0.29) is 11.8 Å². The van der Waals surface area contributed by atoms with Crippen LogP contribution in [0.25, 0.3) is 0 Å². The topological polar surface area (TPSA) is 53.1 Å². The molecule has 150 valence electrons. The molecular formula is C21H33N3O3. The van der Waals surface area contributed by atoms with E-state index in [1.807, 2.05) is 47.9 Å². The highest BCUT2D eigenvalue weighted by atomic mass is 16.5. The highest BCUT2D eigenvalue weighted by molar-refractivity contribution is 5.94. The normalized spacial score (nSPS) is 15.1. The first-order valence-corrected chi connectivity index (χ1v) is 9.96. The second-order valence-corrected chi connectivity index (χ2v) is 7.37. The van der Waals surface area contributed by atoms with Gasteiger partial charge >= 0.3 is 0 Å². The van der Waals surface area contributed by atoms with Crippen LogP contribution in [0.2, 0.25) is 0 Å². The molecule has 1 aromatic carbocycles. The lowest BCUT2D eigenvalue weighted by molar-refractivity contribution is -0.132. The molecule has 2 rings (SSSR count). The van der Waals surface area contributed by atoms with E-state index in [2.05, 4.69) is 18.7 Å². The van der Waals surface area contributed by atoms with Crippen molar-refractivity contribution in [1.29, 1.82) is 0 Å². The molecule has 0 N–H and O–H groups in total. The Hall–Kier alpha value is -2.08. The SMILES string of the molecule is CCN(CC)C(=O)CN1CCN(C(=O)c2cccc(OCC(C)C)c2)CC1. The Morgan fingerprint density at radius 3 is 2.37 bits per heavy atom. The molecule has 0 radical (unpaired) electrons. The quantitative estimate of drug-likeness (QED) is 0.700. The molecule has 27 heavy (non-hydrogen) atoms. The van der Waals surface area contributed by atoms with Gasteiger partial charge in [-0.2, -0.15) is 0 Å². The third-order valence-electron chi connectivity index (χ3n) is 4.80. The average molecular weight is 376 g/mol. The molecule has 2 amide bonds. The molecule has 6 nitrogen and oxygen atoms in total. The van der Waals surface area contributed by atoms with Crippen LogP contribution in [-0.4, -0.2) is 78.9 Å². The van der Waals surface area contributed by atoms with E-state index in [1.165, 1.54) is 0 Å². The van der Waals surface area contributed by atoms with Crippen molar-refractivity contribution in [3.63, 3.8) is 0 Å². The minimum atomic E-state index is 0.0275. The smallest absolute Gasteiger partial charge is 0.254 e. The number of carbonyl (C=O) groups excluding carboxylic acids is 2. The van der Waals surface area contributed by atoms with Gasteiger partial charge in [0.2, 0.25) is 5.91 Å². The van der Waals surface area contributed by atoms with Crippen molar-refractivity contribution in [3.05, 3.63) is 29.8 Å². The molecule has 0 aliphatic carbocycles. The molecule has 1 aromatic rings. The lowest BCUT2D eigenvalue weighted by Crippen LogP contribution is -2.51. The Morgan fingerprint density at radius 2 is 1.78 bits per heavy atom. The lowest BCUT2D eigenvalue weighted by Gasteiger charge is -2.35. The molecule has 0 bridgehead atoms. The molecule has 1 fully saturated rings. The van der Waals surface area contributed by atoms with E-state index in [1.54, 1.807) is 0 Å². The van der Waals surface area contributed by atoms with Crippen LogP contribution in [-0.2, 0) is 4.79 Å². The predicted molar refractivity (Wildman–Crippen MR) is 107 cm³/mol. The van der Waals surface area contributed by atoms with Gasteiger partial charge in [0.15, 0.2) is 0 Å². The summed E-state index contributed by atoms with van der Waals surface area (Å²) >= 11 is 0. The van der Waals surface area contributed by atoms with Crippen LogP contribution >= 0.6 is 0 Å². The van der Waals surface area contributed by atoms with Crippen LogP contribution in [0.15, 0.2) is 24.3 Å². The summed E-state index contributed by atoms with van der Waals surface area (Å²) in [7, 11) is 0. The zero-order valence-electron chi connectivity index (χ0n) is 17.1. The number of benzene rings is 1. The molecule has 1 aliphatic rings. The largest absolute Gasteiger partial charge is 0.493 e. The maximum Gasteiger partial charge on any atom is 0.254 e. The van der Waals surface area contributed by atoms with Crippen LogP contribution in [0.3, 0.4) is 0 Å². The first kappa shape index (κ1) is 21.2. The number of amides is 2. The second-order valence-electron chi connectivity index (χ2n) is 7.37. The van der Waals surface area contributed by atoms with Crippen LogP contribution < -0.4 is 4.74 Å². The monoisotopic (exact) mass is 375 g/mol. The van der Waals surface area contributed by atoms with Gasteiger partial charge in [0.25, 0.3) is 5.91 Å². The number of ether oxygens (including phenoxy) is 1. The summed E-state index contributed by atoms with van der Waals surface area (Å²) in [5.74, 6) is 1.36. The van der Waals surface area contributed by atoms with Gasteiger partial charge in [0, 0.05) is 44.8 Å². The zero-order chi connectivity index (χ0) is 19.8. The summed E-state index contributed by atoms with van der Waals surface area (Å²) in [5, 5.41) is 0. The zero-order valence-corrected chi connectivity index (χ0v) is 17.1. The molecule has 0 atom stereocenters. The number of likely N-dealkylation sites (N-methyl/N-ethyl adjacent to an activating group) is 1. The molecule has 1 aliphatic heterocycles. The van der Waals surface area contributed by atoms with Crippen molar-refractivity contribution in [3.8, 4) is 5.75 Å². The van der Waals surface area contributed by atoms with Gasteiger partial charge in [-0.15, -0.1) is 0 Å². The number of hydrogen-bond donors (Lipinski definition) is 0. The first-order chi connectivity index (χ1) is 12.9. The number of piperazine rings is 1. The minimum absolute atomic E-state index is 0.0275. The molecular weight excluding hydrogens is 342 g/mol. The molecule has 0 spiro atoms. The van der Waals surface area contributed by atoms with Crippen molar-refractivity contribution >= 4 is 11.8 Å². The predicted octanol–water partition coefficient (Wildman–Crippen LogP) is 2.35. The summed E-state index contributed by atoms with van der Waals surface area (Å²) in [4.78, 5) is 30.9. The number of hydrogen-bond acceptors (Lipinski definition) is 4. The third kappa shape index (κ3) is 6.24. The maximum atomic E-state index is 12.8. The van der Waals surface area contributed by atoms with Crippen molar-refractivity contribution in [2.45, 2.75) is 27.7 Å². The molecule has 0 aromatic heterocycles. The summed E-state index contributed by atoms with van der Waals surface area (Å²) < 4.78 is 5.73. The van der Waals surface area contributed by atoms with Gasteiger partial charge in [-0.1, -0.05) is 19.9 Å². The van der Waals surface area contributed by atoms with Crippen molar-refractivity contribution in [2.24, 2.45) is 5.92 Å². The summed E-state index contributed by atoms with van der Waals surface area (Å²) in [6.45, 7) is 13.5. The Labute approximate surface area is 163 Å². The van der Waals surface area contributed by atoms with Crippen LogP contribution in [0, 0.1) is 5.92 Å². The van der Waals surface area contributed by atoms with E-state index in [0.717, 1.165) is 31.9 Å². The van der Waals surface area contributed by atoms with Gasteiger partial charge in [-0.05, 0) is 38.0 Å². The van der Waals surface area contributed by atoms with Crippen LogP contribution in [0.4, 0.5) is 0 Å². The Kier molecular flexibility index (Phi) is 8.10. The molecule has 1 saturated heterocycles. The first-order valence-electron chi connectivity index (χ1n) is 9.96. The molecule has 1 heterocycles. The van der Waals surface area contributed by atoms with E-state index in [0.29, 0.717) is 37.7 Å². The molecule has 0 unspecified atom stereocenters. The van der Waals surface area contributed by atoms with E-state index < -0.39 is 0 Å². The van der Waals surface area contributed by atoms with Gasteiger partial charge in [0.05, 0.1) is 13.2 Å². The standard InChI is InChI=1S/C21H33N3O3/c1-5-23(6-2)20(25)15-22-10-12-24(13-11-22)21(26)18-8-7-9-19(14-18)27-16-17(3)4/h7-9,14,17H,5-6,10-13,15-16H2,1-4H3. The van der Waals surface area contributed by atoms with Crippen molar-refractivity contribution in [1.82, 2.24) is 14.7 Å². The second kappa shape index (κ2) is 10.3. The van der Waals surface area contributed by atoms with Gasteiger partial charge in [-0.3, -0.25) is 14.5 Å². The van der Waals surface area contributed by atoms with Crippen LogP contribution in [0.5, 0.6) is 5.75 Å². The number of rotatable bonds is 8. The van der Waals surface area contributed by atoms with E-state index in [4.69, 9.17) is 4.74 Å². The minimum Gasteiger partial charge on any atom is -0.493 e. The summed E-state index contributed by atoms with van der Waals surface area (Å²) in [6, 6.07) is 7.40. The maximum absolute atomic E-state index is 12.8. The van der Waals surface area contributed by atoms with E-state index in [9.17, 15) is 9.59 Å². The lowest BCUT2D eigenvalue weighted by atomic mass is 10.1. The van der Waals surface area contributed by atoms with E-state index >= 15 is 0 Å². The third-order valence-corrected chi connectivity index (χ3v) is 4.80. The Morgan fingerprint density at radius 1 is 1.11 bits per heavy atom. The van der Waals surface area contributed by atoms with Crippen molar-refractivity contribution < 1.29 is 14.3 Å². The molecule has 0 saturated carbocycles.